The lowest BCUT2D eigenvalue weighted by Crippen LogP contribution is -2.28. The number of aryl methyl sites for hydroxylation is 4. The van der Waals surface area contributed by atoms with Gasteiger partial charge in [0.05, 0.1) is 11.4 Å². The third-order valence-electron chi connectivity index (χ3n) is 8.82. The summed E-state index contributed by atoms with van der Waals surface area (Å²) in [6.07, 6.45) is 5.10. The lowest BCUT2D eigenvalue weighted by atomic mass is 9.94. The van der Waals surface area contributed by atoms with Crippen LogP contribution in [-0.2, 0) is 37.1 Å². The predicted molar refractivity (Wildman–Crippen MR) is 199 cm³/mol. The highest BCUT2D eigenvalue weighted by Crippen LogP contribution is 2.34. The van der Waals surface area contributed by atoms with E-state index in [-0.39, 0.29) is 5.56 Å². The van der Waals surface area contributed by atoms with Gasteiger partial charge in [-0.3, -0.25) is 9.36 Å². The molecule has 0 saturated heterocycles. The minimum absolute atomic E-state index is 0.0778. The molecule has 1 N–H and O–H groups in total. The number of hydrogen-bond donors (Lipinski definition) is 1. The number of aromatic nitrogens is 2. The zero-order valence-electron chi connectivity index (χ0n) is 29.7. The maximum absolute atomic E-state index is 14.4. The Morgan fingerprint density at radius 3 is 2.00 bits per heavy atom. The number of benzene rings is 4. The van der Waals surface area contributed by atoms with Gasteiger partial charge in [-0.15, -0.1) is 0 Å². The van der Waals surface area contributed by atoms with Gasteiger partial charge in [0, 0.05) is 17.5 Å². The van der Waals surface area contributed by atoms with Crippen molar-refractivity contribution in [2.24, 2.45) is 0 Å². The first-order valence-electron chi connectivity index (χ1n) is 17.8. The van der Waals surface area contributed by atoms with Gasteiger partial charge in [0.15, 0.2) is 0 Å². The molecule has 7 heteroatoms. The van der Waals surface area contributed by atoms with Gasteiger partial charge in [0.25, 0.3) is 5.56 Å². The van der Waals surface area contributed by atoms with Crippen LogP contribution in [0.4, 0.5) is 0 Å². The average molecular weight is 673 g/mol. The third kappa shape index (κ3) is 8.89. The van der Waals surface area contributed by atoms with E-state index < -0.39 is 12.1 Å². The molecule has 5 rings (SSSR count). The fourth-order valence-electron chi connectivity index (χ4n) is 6.38. The van der Waals surface area contributed by atoms with Crippen LogP contribution in [0, 0.1) is 6.92 Å². The molecular formula is C43H48N2O5. The summed E-state index contributed by atoms with van der Waals surface area (Å²) >= 11 is 0. The fraction of sp³-hybridized carbons (Fsp3) is 0.326. The van der Waals surface area contributed by atoms with E-state index in [9.17, 15) is 14.7 Å². The van der Waals surface area contributed by atoms with Gasteiger partial charge >= 0.3 is 5.97 Å². The van der Waals surface area contributed by atoms with Crippen LogP contribution in [-0.4, -0.2) is 20.6 Å². The molecule has 4 aromatic carbocycles. The third-order valence-corrected chi connectivity index (χ3v) is 8.82. The van der Waals surface area contributed by atoms with E-state index in [2.05, 4.69) is 32.9 Å². The second-order valence-corrected chi connectivity index (χ2v) is 12.8. The molecule has 50 heavy (non-hydrogen) atoms. The normalized spacial score (nSPS) is 11.7. The first-order valence-corrected chi connectivity index (χ1v) is 17.8. The molecule has 1 heterocycles. The highest BCUT2D eigenvalue weighted by Gasteiger charge is 2.25. The van der Waals surface area contributed by atoms with Crippen molar-refractivity contribution in [3.8, 4) is 17.2 Å². The zero-order chi connectivity index (χ0) is 35.5. The fourth-order valence-corrected chi connectivity index (χ4v) is 6.38. The summed E-state index contributed by atoms with van der Waals surface area (Å²) in [5.41, 5.74) is 6.75. The van der Waals surface area contributed by atoms with E-state index in [0.717, 1.165) is 84.3 Å². The van der Waals surface area contributed by atoms with Crippen LogP contribution in [0.1, 0.15) is 97.5 Å². The molecule has 0 aliphatic heterocycles. The molecule has 260 valence electrons. The molecule has 7 nitrogen and oxygen atoms in total. The molecule has 0 aliphatic carbocycles. The molecule has 0 spiro atoms. The molecule has 0 amide bonds. The van der Waals surface area contributed by atoms with Crippen LogP contribution in [0.3, 0.4) is 0 Å². The second kappa shape index (κ2) is 17.5. The summed E-state index contributed by atoms with van der Waals surface area (Å²) < 4.78 is 14.1. The molecule has 1 aromatic heterocycles. The second-order valence-electron chi connectivity index (χ2n) is 12.8. The first-order chi connectivity index (χ1) is 24.3. The highest BCUT2D eigenvalue weighted by molar-refractivity contribution is 5.75. The van der Waals surface area contributed by atoms with Crippen LogP contribution < -0.4 is 15.0 Å². The topological polar surface area (TPSA) is 90.7 Å². The van der Waals surface area contributed by atoms with Crippen LogP contribution in [0.5, 0.6) is 11.5 Å². The lowest BCUT2D eigenvalue weighted by molar-refractivity contribution is -0.145. The van der Waals surface area contributed by atoms with E-state index >= 15 is 0 Å². The SMILES string of the molecule is CCCCc1nc(C)n(-c2ccc(OCc3ccccc3)cc2)c(=O)c1Cc1cc(CCC)c(OC(C(=O)O)c2ccccc2)c(CCC)c1. The summed E-state index contributed by atoms with van der Waals surface area (Å²) in [5.74, 6) is 0.968. The van der Waals surface area contributed by atoms with E-state index in [1.165, 1.54) is 0 Å². The average Bonchev–Trinajstić information content (AvgIpc) is 3.12. The van der Waals surface area contributed by atoms with Crippen molar-refractivity contribution >= 4 is 5.97 Å². The molecule has 0 bridgehead atoms. The zero-order valence-corrected chi connectivity index (χ0v) is 29.7. The molecule has 0 saturated carbocycles. The van der Waals surface area contributed by atoms with Crippen molar-refractivity contribution in [1.29, 1.82) is 0 Å². The number of nitrogens with zero attached hydrogens (tertiary/aromatic N) is 2. The maximum atomic E-state index is 14.4. The van der Waals surface area contributed by atoms with Crippen molar-refractivity contribution in [2.75, 3.05) is 0 Å². The standard InChI is InChI=1S/C43H48N2O5/c1-5-8-21-39-38(42(46)45(30(4)44-39)36-22-24-37(25-23-36)49-29-31-17-11-9-12-18-31)28-32-26-34(15-6-2)40(35(27-32)16-7-3)50-41(43(47)48)33-19-13-10-14-20-33/h9-14,17-20,22-27,41H,5-8,15-16,21,28-29H2,1-4H3,(H,47,48). The maximum Gasteiger partial charge on any atom is 0.349 e. The Morgan fingerprint density at radius 2 is 1.42 bits per heavy atom. The number of carbonyl (C=O) groups is 1. The summed E-state index contributed by atoms with van der Waals surface area (Å²) in [4.78, 5) is 31.9. The van der Waals surface area contributed by atoms with Gasteiger partial charge in [-0.05, 0) is 79.1 Å². The Kier molecular flexibility index (Phi) is 12.6. The quantitative estimate of drug-likeness (QED) is 0.106. The van der Waals surface area contributed by atoms with E-state index in [4.69, 9.17) is 14.5 Å². The smallest absolute Gasteiger partial charge is 0.349 e. The first kappa shape index (κ1) is 36.1. The molecule has 1 atom stereocenters. The van der Waals surface area contributed by atoms with Crippen molar-refractivity contribution in [3.63, 3.8) is 0 Å². The monoisotopic (exact) mass is 672 g/mol. The Bertz CT molecular complexity index is 1890. The Morgan fingerprint density at radius 1 is 0.800 bits per heavy atom. The molecule has 5 aromatic rings. The van der Waals surface area contributed by atoms with Gasteiger partial charge < -0.3 is 14.6 Å². The lowest BCUT2D eigenvalue weighted by Gasteiger charge is -2.22. The Balaban J connectivity index is 1.52. The molecule has 0 aliphatic rings. The van der Waals surface area contributed by atoms with Gasteiger partial charge in [0.1, 0.15) is 23.9 Å². The molecule has 0 radical (unpaired) electrons. The largest absolute Gasteiger partial charge is 0.489 e. The van der Waals surface area contributed by atoms with E-state index in [1.807, 2.05) is 79.7 Å². The van der Waals surface area contributed by atoms with E-state index in [1.54, 1.807) is 16.7 Å². The number of carboxylic acids is 1. The van der Waals surface area contributed by atoms with Crippen molar-refractivity contribution in [1.82, 2.24) is 9.55 Å². The van der Waals surface area contributed by atoms with Gasteiger partial charge in [-0.2, -0.15) is 0 Å². The van der Waals surface area contributed by atoms with Crippen molar-refractivity contribution in [2.45, 2.75) is 91.8 Å². The number of ether oxygens (including phenoxy) is 2. The summed E-state index contributed by atoms with van der Waals surface area (Å²) in [6.45, 7) is 8.69. The van der Waals surface area contributed by atoms with Crippen LogP contribution in [0.25, 0.3) is 5.69 Å². The minimum Gasteiger partial charge on any atom is -0.489 e. The van der Waals surface area contributed by atoms with Gasteiger partial charge in [-0.1, -0.05) is 113 Å². The predicted octanol–water partition coefficient (Wildman–Crippen LogP) is 9.16. The number of hydrogen-bond acceptors (Lipinski definition) is 5. The highest BCUT2D eigenvalue weighted by atomic mass is 16.5. The van der Waals surface area contributed by atoms with Crippen molar-refractivity contribution < 1.29 is 19.4 Å². The number of unbranched alkanes of at least 4 members (excludes halogenated alkanes) is 1. The summed E-state index contributed by atoms with van der Waals surface area (Å²) in [5, 5.41) is 10.2. The van der Waals surface area contributed by atoms with Crippen molar-refractivity contribution in [3.05, 3.63) is 152 Å². The van der Waals surface area contributed by atoms with Crippen LogP contribution in [0.2, 0.25) is 0 Å². The van der Waals surface area contributed by atoms with Crippen LogP contribution >= 0.6 is 0 Å². The Hall–Kier alpha value is -5.17. The Labute approximate surface area is 295 Å². The van der Waals surface area contributed by atoms with Crippen LogP contribution in [0.15, 0.2) is 102 Å². The molecule has 0 fully saturated rings. The van der Waals surface area contributed by atoms with E-state index in [0.29, 0.717) is 35.7 Å². The van der Waals surface area contributed by atoms with Gasteiger partial charge in [0.2, 0.25) is 6.10 Å². The minimum atomic E-state index is -1.13. The molecular weight excluding hydrogens is 624 g/mol. The molecule has 1 unspecified atom stereocenters. The van der Waals surface area contributed by atoms with Gasteiger partial charge in [-0.25, -0.2) is 9.78 Å². The summed E-state index contributed by atoms with van der Waals surface area (Å²) in [7, 11) is 0. The number of aliphatic carboxylic acids is 1. The number of carboxylic acid groups (broad SMARTS) is 1. The number of rotatable bonds is 17. The summed E-state index contributed by atoms with van der Waals surface area (Å²) in [6, 6.07) is 30.9.